The van der Waals surface area contributed by atoms with Gasteiger partial charge < -0.3 is 9.47 Å². The predicted molar refractivity (Wildman–Crippen MR) is 44.6 cm³/mol. The zero-order chi connectivity index (χ0) is 9.14. The maximum absolute atomic E-state index is 5.04. The van der Waals surface area contributed by atoms with Gasteiger partial charge in [-0.2, -0.15) is 9.97 Å². The van der Waals surface area contributed by atoms with E-state index in [-0.39, 0.29) is 0 Å². The van der Waals surface area contributed by atoms with Gasteiger partial charge in [-0.25, -0.2) is 0 Å². The molecule has 0 aliphatic heterocycles. The van der Waals surface area contributed by atoms with Gasteiger partial charge in [0.1, 0.15) is 5.82 Å². The number of aromatic nitrogens is 2. The van der Waals surface area contributed by atoms with Gasteiger partial charge in [-0.1, -0.05) is 0 Å². The third-order valence-electron chi connectivity index (χ3n) is 1.55. The molecule has 0 radical (unpaired) electrons. The number of aryl methyl sites for hydroxylation is 1. The van der Waals surface area contributed by atoms with Gasteiger partial charge in [0.2, 0.25) is 11.8 Å². The molecule has 0 spiro atoms. The van der Waals surface area contributed by atoms with Crippen molar-refractivity contribution in [2.45, 2.75) is 13.8 Å². The Hall–Kier alpha value is -1.32. The predicted octanol–water partition coefficient (Wildman–Crippen LogP) is 1.11. The molecular formula is C8H12N2O2. The molecule has 12 heavy (non-hydrogen) atoms. The Morgan fingerprint density at radius 2 is 1.33 bits per heavy atom. The average Bonchev–Trinajstić information content (AvgIpc) is 2.08. The summed E-state index contributed by atoms with van der Waals surface area (Å²) in [7, 11) is 3.16. The van der Waals surface area contributed by atoms with Crippen LogP contribution in [0.1, 0.15) is 11.4 Å². The first-order valence-electron chi connectivity index (χ1n) is 3.62. The molecule has 0 unspecified atom stereocenters. The Labute approximate surface area is 71.6 Å². The van der Waals surface area contributed by atoms with Gasteiger partial charge in [0.15, 0.2) is 0 Å². The summed E-state index contributed by atoms with van der Waals surface area (Å²) in [6, 6.07) is 0. The highest BCUT2D eigenvalue weighted by Crippen LogP contribution is 2.22. The van der Waals surface area contributed by atoms with Gasteiger partial charge in [-0.05, 0) is 13.8 Å². The molecule has 0 N–H and O–H groups in total. The zero-order valence-electron chi connectivity index (χ0n) is 7.71. The van der Waals surface area contributed by atoms with Crippen molar-refractivity contribution in [3.05, 3.63) is 11.4 Å². The van der Waals surface area contributed by atoms with E-state index < -0.39 is 0 Å². The normalized spacial score (nSPS) is 9.67. The molecule has 0 aromatic carbocycles. The maximum Gasteiger partial charge on any atom is 0.223 e. The molecule has 1 heterocycles. The molecule has 0 atom stereocenters. The van der Waals surface area contributed by atoms with Crippen molar-refractivity contribution in [2.24, 2.45) is 0 Å². The summed E-state index contributed by atoms with van der Waals surface area (Å²) in [5.74, 6) is 1.79. The summed E-state index contributed by atoms with van der Waals surface area (Å²) in [5, 5.41) is 0. The molecule has 0 bridgehead atoms. The lowest BCUT2D eigenvalue weighted by atomic mass is 10.3. The maximum atomic E-state index is 5.04. The van der Waals surface area contributed by atoms with Crippen LogP contribution in [0.25, 0.3) is 0 Å². The van der Waals surface area contributed by atoms with E-state index in [1.807, 2.05) is 6.92 Å². The number of hydrogen-bond donors (Lipinski definition) is 0. The summed E-state index contributed by atoms with van der Waals surface area (Å²) >= 11 is 0. The first kappa shape index (κ1) is 8.77. The largest absolute Gasteiger partial charge is 0.481 e. The molecule has 1 aromatic heterocycles. The second-order valence-corrected chi connectivity index (χ2v) is 2.41. The zero-order valence-corrected chi connectivity index (χ0v) is 7.71. The lowest BCUT2D eigenvalue weighted by Crippen LogP contribution is -2.00. The Bertz CT molecular complexity index is 261. The van der Waals surface area contributed by atoms with Crippen molar-refractivity contribution >= 4 is 0 Å². The number of rotatable bonds is 2. The molecule has 66 valence electrons. The minimum Gasteiger partial charge on any atom is -0.481 e. The van der Waals surface area contributed by atoms with Crippen LogP contribution in [-0.4, -0.2) is 24.2 Å². The van der Waals surface area contributed by atoms with Gasteiger partial charge in [-0.15, -0.1) is 0 Å². The highest BCUT2D eigenvalue weighted by molar-refractivity contribution is 5.33. The SMILES string of the molecule is COc1nc(C)nc(OC)c1C. The van der Waals surface area contributed by atoms with E-state index in [0.717, 1.165) is 5.56 Å². The molecule has 0 amide bonds. The molecule has 4 nitrogen and oxygen atoms in total. The van der Waals surface area contributed by atoms with E-state index in [4.69, 9.17) is 9.47 Å². The smallest absolute Gasteiger partial charge is 0.223 e. The molecule has 0 saturated carbocycles. The number of nitrogens with zero attached hydrogens (tertiary/aromatic N) is 2. The molecule has 0 aliphatic carbocycles. The third-order valence-corrected chi connectivity index (χ3v) is 1.55. The van der Waals surface area contributed by atoms with E-state index in [0.29, 0.717) is 17.6 Å². The van der Waals surface area contributed by atoms with Gasteiger partial charge in [0.25, 0.3) is 0 Å². The van der Waals surface area contributed by atoms with Crippen molar-refractivity contribution < 1.29 is 9.47 Å². The van der Waals surface area contributed by atoms with Gasteiger partial charge in [0, 0.05) is 0 Å². The second kappa shape index (κ2) is 3.38. The second-order valence-electron chi connectivity index (χ2n) is 2.41. The number of hydrogen-bond acceptors (Lipinski definition) is 4. The third kappa shape index (κ3) is 1.47. The van der Waals surface area contributed by atoms with Crippen LogP contribution in [0, 0.1) is 13.8 Å². The highest BCUT2D eigenvalue weighted by atomic mass is 16.5. The fourth-order valence-electron chi connectivity index (χ4n) is 0.976. The Kier molecular flexibility index (Phi) is 2.47. The van der Waals surface area contributed by atoms with Crippen LogP contribution in [0.15, 0.2) is 0 Å². The Morgan fingerprint density at radius 1 is 0.917 bits per heavy atom. The lowest BCUT2D eigenvalue weighted by molar-refractivity contribution is 0.363. The Morgan fingerprint density at radius 3 is 1.67 bits per heavy atom. The van der Waals surface area contributed by atoms with Crippen molar-refractivity contribution in [3.8, 4) is 11.8 Å². The summed E-state index contributed by atoms with van der Waals surface area (Å²) < 4.78 is 10.1. The minimum absolute atomic E-state index is 0.569. The average molecular weight is 168 g/mol. The van der Waals surface area contributed by atoms with Crippen molar-refractivity contribution in [1.82, 2.24) is 9.97 Å². The molecular weight excluding hydrogens is 156 g/mol. The molecule has 0 aliphatic rings. The van der Waals surface area contributed by atoms with Crippen LogP contribution in [0.3, 0.4) is 0 Å². The molecule has 1 aromatic rings. The summed E-state index contributed by atoms with van der Waals surface area (Å²) in [6.45, 7) is 3.65. The summed E-state index contributed by atoms with van der Waals surface area (Å²) in [5.41, 5.74) is 0.825. The van der Waals surface area contributed by atoms with E-state index in [2.05, 4.69) is 9.97 Å². The first-order chi connectivity index (χ1) is 5.69. The van der Waals surface area contributed by atoms with Crippen LogP contribution in [0.4, 0.5) is 0 Å². The molecule has 0 fully saturated rings. The molecule has 0 saturated heterocycles. The van der Waals surface area contributed by atoms with Crippen LogP contribution in [-0.2, 0) is 0 Å². The topological polar surface area (TPSA) is 44.2 Å². The van der Waals surface area contributed by atoms with Crippen LogP contribution < -0.4 is 9.47 Å². The van der Waals surface area contributed by atoms with Crippen molar-refractivity contribution in [2.75, 3.05) is 14.2 Å². The summed E-state index contributed by atoms with van der Waals surface area (Å²) in [4.78, 5) is 8.17. The van der Waals surface area contributed by atoms with E-state index in [1.54, 1.807) is 21.1 Å². The quantitative estimate of drug-likeness (QED) is 0.663. The van der Waals surface area contributed by atoms with Crippen LogP contribution >= 0.6 is 0 Å². The van der Waals surface area contributed by atoms with E-state index >= 15 is 0 Å². The fraction of sp³-hybridized carbons (Fsp3) is 0.500. The van der Waals surface area contributed by atoms with Crippen molar-refractivity contribution in [3.63, 3.8) is 0 Å². The standard InChI is InChI=1S/C8H12N2O2/c1-5-7(11-3)9-6(2)10-8(5)12-4/h1-4H3. The fourth-order valence-corrected chi connectivity index (χ4v) is 0.976. The van der Waals surface area contributed by atoms with Gasteiger partial charge in [0.05, 0.1) is 19.8 Å². The van der Waals surface area contributed by atoms with Crippen LogP contribution in [0.2, 0.25) is 0 Å². The van der Waals surface area contributed by atoms with E-state index in [9.17, 15) is 0 Å². The molecule has 4 heteroatoms. The Balaban J connectivity index is 3.22. The summed E-state index contributed by atoms with van der Waals surface area (Å²) in [6.07, 6.45) is 0. The van der Waals surface area contributed by atoms with E-state index in [1.165, 1.54) is 0 Å². The number of ether oxygens (including phenoxy) is 2. The first-order valence-corrected chi connectivity index (χ1v) is 3.62. The minimum atomic E-state index is 0.569. The van der Waals surface area contributed by atoms with Gasteiger partial charge >= 0.3 is 0 Å². The molecule has 1 rings (SSSR count). The van der Waals surface area contributed by atoms with Gasteiger partial charge in [-0.3, -0.25) is 0 Å². The number of methoxy groups -OCH3 is 2. The highest BCUT2D eigenvalue weighted by Gasteiger charge is 2.08. The monoisotopic (exact) mass is 168 g/mol. The van der Waals surface area contributed by atoms with Crippen LogP contribution in [0.5, 0.6) is 11.8 Å². The lowest BCUT2D eigenvalue weighted by Gasteiger charge is -2.07. The van der Waals surface area contributed by atoms with Crippen molar-refractivity contribution in [1.29, 1.82) is 0 Å².